The van der Waals surface area contributed by atoms with Crippen LogP contribution < -0.4 is 15.4 Å². The van der Waals surface area contributed by atoms with Crippen LogP contribution in [0, 0.1) is 11.8 Å². The summed E-state index contributed by atoms with van der Waals surface area (Å²) in [6, 6.07) is 21.0. The molecule has 12 heteroatoms. The Morgan fingerprint density at radius 2 is 1.76 bits per heavy atom. The van der Waals surface area contributed by atoms with Crippen LogP contribution in [0.3, 0.4) is 0 Å². The number of aromatic nitrogens is 2. The number of fused-ring (bicyclic) bond motifs is 5. The number of oxazole rings is 2. The van der Waals surface area contributed by atoms with Gasteiger partial charge in [-0.2, -0.15) is 4.98 Å². The molecule has 4 aliphatic rings. The van der Waals surface area contributed by atoms with E-state index < -0.39 is 29.2 Å². The molecule has 1 spiro atoms. The third kappa shape index (κ3) is 5.39. The van der Waals surface area contributed by atoms with Crippen molar-refractivity contribution in [2.24, 2.45) is 11.8 Å². The molecule has 5 aromatic rings. The van der Waals surface area contributed by atoms with E-state index in [1.165, 1.54) is 0 Å². The fourth-order valence-corrected chi connectivity index (χ4v) is 9.28. The van der Waals surface area contributed by atoms with Gasteiger partial charge < -0.3 is 29.3 Å². The van der Waals surface area contributed by atoms with Gasteiger partial charge in [-0.25, -0.2) is 4.98 Å². The van der Waals surface area contributed by atoms with Crippen molar-refractivity contribution in [2.45, 2.75) is 83.1 Å². The van der Waals surface area contributed by atoms with Crippen molar-refractivity contribution in [2.75, 3.05) is 5.32 Å². The van der Waals surface area contributed by atoms with Crippen molar-refractivity contribution >= 4 is 46.2 Å². The van der Waals surface area contributed by atoms with Crippen LogP contribution in [0.15, 0.2) is 80.6 Å². The topological polar surface area (TPSA) is 140 Å². The van der Waals surface area contributed by atoms with Crippen molar-refractivity contribution in [3.8, 4) is 17.3 Å². The SMILES string of the molecule is CCC(O)(CC)C(=O)CC1Cc2ccc3c(c2)C2(c4ccccc4N[C@H]2O3)c2oc(nc2-c2nc(Cl)c(C3=C(Cl)Cc4ccccc43)o2)[C@H](C(C)C)NC1=O. The van der Waals surface area contributed by atoms with E-state index in [4.69, 9.17) is 46.7 Å². The number of anilines is 1. The molecule has 55 heavy (non-hydrogen) atoms. The van der Waals surface area contributed by atoms with Crippen molar-refractivity contribution in [3.63, 3.8) is 0 Å². The van der Waals surface area contributed by atoms with Gasteiger partial charge in [0.2, 0.25) is 11.8 Å². The predicted octanol–water partition coefficient (Wildman–Crippen LogP) is 8.51. The first kappa shape index (κ1) is 35.8. The van der Waals surface area contributed by atoms with Gasteiger partial charge in [0.15, 0.2) is 34.4 Å². The standard InChI is InChI=1S/C43H40Cl2N4O6/c1-5-42(52,6-2)31(50)20-24-17-22-15-16-30-27(18-22)43(26-13-9-10-14-29(26)46-41(43)53-30)36-34(48-39(55-36)33(21(3)4)47-38(24)51)40-49-37(45)35(54-40)32-25-12-8-7-11-23(25)19-28(32)44/h7-16,18,21,24,33,41,46,52H,5-6,17,19-20H2,1-4H3,(H,47,51)/t24?,33-,41-,43?/m0/s1. The summed E-state index contributed by atoms with van der Waals surface area (Å²) in [6.07, 6.45) is 0.521. The minimum atomic E-state index is -1.52. The zero-order valence-electron chi connectivity index (χ0n) is 30.8. The first-order valence-corrected chi connectivity index (χ1v) is 19.6. The highest BCUT2D eigenvalue weighted by atomic mass is 35.5. The lowest BCUT2D eigenvalue weighted by molar-refractivity contribution is -0.141. The van der Waals surface area contributed by atoms with Crippen LogP contribution in [0.1, 0.15) is 98.2 Å². The van der Waals surface area contributed by atoms with Gasteiger partial charge in [-0.05, 0) is 59.6 Å². The number of carbonyl (C=O) groups excluding carboxylic acids is 2. The van der Waals surface area contributed by atoms with Crippen molar-refractivity contribution in [1.29, 1.82) is 0 Å². The molecule has 3 aromatic carbocycles. The number of benzene rings is 3. The normalized spacial score (nSPS) is 22.3. The Bertz CT molecular complexity index is 2430. The highest BCUT2D eigenvalue weighted by Gasteiger charge is 2.61. The number of para-hydroxylation sites is 1. The highest BCUT2D eigenvalue weighted by molar-refractivity contribution is 6.36. The van der Waals surface area contributed by atoms with Crippen molar-refractivity contribution < 1.29 is 28.3 Å². The molecular weight excluding hydrogens is 739 g/mol. The third-order valence-corrected chi connectivity index (χ3v) is 12.4. The Labute approximate surface area is 328 Å². The van der Waals surface area contributed by atoms with E-state index in [0.717, 1.165) is 33.5 Å². The Morgan fingerprint density at radius 1 is 1.00 bits per heavy atom. The Balaban J connectivity index is 1.27. The molecule has 4 atom stereocenters. The van der Waals surface area contributed by atoms with Crippen LogP contribution in [-0.4, -0.2) is 38.6 Å². The number of allylic oxidation sites excluding steroid dienone is 1. The summed E-state index contributed by atoms with van der Waals surface area (Å²) >= 11 is 13.8. The Kier molecular flexibility index (Phi) is 8.53. The lowest BCUT2D eigenvalue weighted by atomic mass is 9.72. The predicted molar refractivity (Wildman–Crippen MR) is 208 cm³/mol. The quantitative estimate of drug-likeness (QED) is 0.141. The minimum absolute atomic E-state index is 0.123. The van der Waals surface area contributed by atoms with Gasteiger partial charge in [0.05, 0.1) is 0 Å². The summed E-state index contributed by atoms with van der Waals surface area (Å²) < 4.78 is 20.3. The second kappa shape index (κ2) is 13.1. The van der Waals surface area contributed by atoms with Gasteiger partial charge in [-0.15, -0.1) is 0 Å². The fourth-order valence-electron chi connectivity index (χ4n) is 8.74. The van der Waals surface area contributed by atoms with E-state index in [2.05, 4.69) is 10.6 Å². The van der Waals surface area contributed by atoms with E-state index in [1.807, 2.05) is 80.6 Å². The molecule has 1 amide bonds. The maximum absolute atomic E-state index is 14.4. The summed E-state index contributed by atoms with van der Waals surface area (Å²) in [5.41, 5.74) is 3.73. The molecular formula is C43H40Cl2N4O6. The fraction of sp³-hybridized carbons (Fsp3) is 0.349. The van der Waals surface area contributed by atoms with Gasteiger partial charge in [0.25, 0.3) is 5.89 Å². The Morgan fingerprint density at radius 3 is 2.55 bits per heavy atom. The van der Waals surface area contributed by atoms with E-state index >= 15 is 0 Å². The molecule has 0 fully saturated rings. The van der Waals surface area contributed by atoms with Crippen LogP contribution in [0.2, 0.25) is 5.15 Å². The summed E-state index contributed by atoms with van der Waals surface area (Å²) in [6.45, 7) is 7.49. The summed E-state index contributed by atoms with van der Waals surface area (Å²) in [5, 5.41) is 18.6. The molecule has 0 radical (unpaired) electrons. The van der Waals surface area contributed by atoms with Gasteiger partial charge in [-0.3, -0.25) is 9.59 Å². The summed E-state index contributed by atoms with van der Waals surface area (Å²) in [4.78, 5) is 37.9. The third-order valence-electron chi connectivity index (χ3n) is 11.9. The first-order chi connectivity index (χ1) is 26.5. The second-order valence-corrected chi connectivity index (χ2v) is 16.1. The largest absolute Gasteiger partial charge is 0.469 e. The van der Waals surface area contributed by atoms with E-state index in [0.29, 0.717) is 40.0 Å². The molecule has 10 nitrogen and oxygen atoms in total. The number of nitrogens with zero attached hydrogens (tertiary/aromatic N) is 2. The molecule has 2 unspecified atom stereocenters. The number of ether oxygens (including phenoxy) is 1. The van der Waals surface area contributed by atoms with Crippen LogP contribution in [0.25, 0.3) is 17.2 Å². The van der Waals surface area contributed by atoms with Gasteiger partial charge in [-0.1, -0.05) is 105 Å². The molecule has 282 valence electrons. The average molecular weight is 780 g/mol. The Hall–Kier alpha value is -4.90. The van der Waals surface area contributed by atoms with Crippen LogP contribution >= 0.6 is 23.2 Å². The lowest BCUT2D eigenvalue weighted by Gasteiger charge is -2.29. The van der Waals surface area contributed by atoms with Gasteiger partial charge >= 0.3 is 0 Å². The van der Waals surface area contributed by atoms with Crippen molar-refractivity contribution in [3.05, 3.63) is 122 Å². The van der Waals surface area contributed by atoms with E-state index in [-0.39, 0.29) is 60.2 Å². The maximum atomic E-state index is 14.4. The molecule has 0 saturated heterocycles. The maximum Gasteiger partial charge on any atom is 0.250 e. The van der Waals surface area contributed by atoms with E-state index in [1.54, 1.807) is 13.8 Å². The van der Waals surface area contributed by atoms with Gasteiger partial charge in [0, 0.05) is 40.6 Å². The highest BCUT2D eigenvalue weighted by Crippen LogP contribution is 2.59. The first-order valence-electron chi connectivity index (χ1n) is 18.8. The zero-order valence-corrected chi connectivity index (χ0v) is 32.3. The van der Waals surface area contributed by atoms with Crippen LogP contribution in [-0.2, 0) is 27.8 Å². The van der Waals surface area contributed by atoms with Gasteiger partial charge in [0.1, 0.15) is 22.8 Å². The molecule has 5 heterocycles. The number of halogens is 2. The number of aliphatic hydroxyl groups is 1. The average Bonchev–Trinajstić information content (AvgIpc) is 3.98. The van der Waals surface area contributed by atoms with Crippen LogP contribution in [0.5, 0.6) is 5.75 Å². The summed E-state index contributed by atoms with van der Waals surface area (Å²) in [5.74, 6) is 0.0494. The number of carbonyl (C=O) groups is 2. The molecule has 3 N–H and O–H groups in total. The summed E-state index contributed by atoms with van der Waals surface area (Å²) in [7, 11) is 0. The monoisotopic (exact) mass is 778 g/mol. The number of nitrogens with one attached hydrogen (secondary N) is 2. The molecule has 1 aliphatic carbocycles. The second-order valence-electron chi connectivity index (χ2n) is 15.3. The van der Waals surface area contributed by atoms with E-state index in [9.17, 15) is 14.7 Å². The smallest absolute Gasteiger partial charge is 0.250 e. The molecule has 0 saturated carbocycles. The molecule has 3 aliphatic heterocycles. The number of Topliss-reactive ketones (excluding diaryl/α,β-unsaturated/α-hetero) is 1. The number of hydrogen-bond acceptors (Lipinski definition) is 9. The number of hydrogen-bond donors (Lipinski definition) is 3. The molecule has 9 rings (SSSR count). The van der Waals surface area contributed by atoms with Crippen LogP contribution in [0.4, 0.5) is 5.69 Å². The zero-order chi connectivity index (χ0) is 38.4. The minimum Gasteiger partial charge on any atom is -0.469 e. The number of amides is 1. The molecule has 4 bridgehead atoms. The lowest BCUT2D eigenvalue weighted by Crippen LogP contribution is -2.43. The molecule has 2 aromatic heterocycles. The van der Waals surface area contributed by atoms with Crippen molar-refractivity contribution in [1.82, 2.24) is 15.3 Å². The number of ketones is 1. The number of rotatable bonds is 8.